The second-order valence-corrected chi connectivity index (χ2v) is 4.58. The zero-order chi connectivity index (χ0) is 12.5. The molecule has 1 heterocycles. The number of nitrogens with one attached hydrogen (secondary N) is 1. The van der Waals surface area contributed by atoms with Crippen molar-refractivity contribution >= 4 is 23.7 Å². The summed E-state index contributed by atoms with van der Waals surface area (Å²) < 4.78 is 0. The molecule has 1 aliphatic carbocycles. The maximum Gasteiger partial charge on any atom is 0.321 e. The van der Waals surface area contributed by atoms with Gasteiger partial charge in [0.2, 0.25) is 17.7 Å². The van der Waals surface area contributed by atoms with Crippen LogP contribution in [-0.2, 0) is 19.2 Å². The third-order valence-electron chi connectivity index (χ3n) is 3.97. The fraction of sp³-hybridized carbons (Fsp3) is 0.556. The number of hydrogen-bond donors (Lipinski definition) is 3. The van der Waals surface area contributed by atoms with Crippen molar-refractivity contribution in [3.63, 3.8) is 0 Å². The number of aliphatic carboxylic acids is 1. The fourth-order valence-corrected chi connectivity index (χ4v) is 3.20. The van der Waals surface area contributed by atoms with Crippen molar-refractivity contribution in [1.82, 2.24) is 5.32 Å². The second-order valence-electron chi connectivity index (χ2n) is 4.58. The first-order chi connectivity index (χ1) is 7.19. The number of carbonyl (C=O) groups excluding carboxylic acids is 3. The molecular weight excluding hydrogens is 216 g/mol. The Morgan fingerprint density at radius 1 is 1.19 bits per heavy atom. The summed E-state index contributed by atoms with van der Waals surface area (Å²) in [7, 11) is 0. The number of hydrogen-bond acceptors (Lipinski definition) is 4. The first-order valence-electron chi connectivity index (χ1n) is 4.58. The minimum Gasteiger partial charge on any atom is -0.480 e. The third-order valence-corrected chi connectivity index (χ3v) is 3.97. The molecule has 16 heavy (non-hydrogen) atoms. The predicted octanol–water partition coefficient (Wildman–Crippen LogP) is -1.77. The summed E-state index contributed by atoms with van der Waals surface area (Å²) in [5.74, 6) is -4.46. The number of carboxylic acids is 1. The van der Waals surface area contributed by atoms with Gasteiger partial charge in [-0.2, -0.15) is 0 Å². The summed E-state index contributed by atoms with van der Waals surface area (Å²) in [4.78, 5) is 45.8. The Kier molecular flexibility index (Phi) is 1.49. The average molecular weight is 226 g/mol. The number of imide groups is 1. The van der Waals surface area contributed by atoms with E-state index in [1.165, 1.54) is 13.8 Å². The van der Waals surface area contributed by atoms with Crippen LogP contribution < -0.4 is 11.1 Å². The van der Waals surface area contributed by atoms with Crippen molar-refractivity contribution in [2.45, 2.75) is 13.8 Å². The molecule has 0 aromatic carbocycles. The minimum atomic E-state index is -2.05. The van der Waals surface area contributed by atoms with E-state index in [0.717, 1.165) is 0 Å². The summed E-state index contributed by atoms with van der Waals surface area (Å²) in [5, 5.41) is 11.0. The van der Waals surface area contributed by atoms with Crippen LogP contribution in [0.5, 0.6) is 0 Å². The number of rotatable bonds is 2. The fourth-order valence-electron chi connectivity index (χ4n) is 3.20. The molecule has 7 heteroatoms. The van der Waals surface area contributed by atoms with Gasteiger partial charge in [0.05, 0.1) is 0 Å². The molecule has 1 saturated carbocycles. The van der Waals surface area contributed by atoms with Gasteiger partial charge in [-0.1, -0.05) is 13.8 Å². The van der Waals surface area contributed by atoms with E-state index in [1.807, 2.05) is 5.32 Å². The van der Waals surface area contributed by atoms with Gasteiger partial charge in [-0.05, 0) is 0 Å². The highest BCUT2D eigenvalue weighted by Gasteiger charge is 2.99. The van der Waals surface area contributed by atoms with Crippen molar-refractivity contribution in [2.75, 3.05) is 0 Å². The molecule has 4 N–H and O–H groups in total. The van der Waals surface area contributed by atoms with Crippen LogP contribution in [-0.4, -0.2) is 28.8 Å². The van der Waals surface area contributed by atoms with E-state index in [1.54, 1.807) is 0 Å². The van der Waals surface area contributed by atoms with Crippen LogP contribution in [0.1, 0.15) is 13.8 Å². The lowest BCUT2D eigenvalue weighted by Crippen LogP contribution is -2.41. The van der Waals surface area contributed by atoms with Gasteiger partial charge in [-0.15, -0.1) is 0 Å². The summed E-state index contributed by atoms with van der Waals surface area (Å²) in [6.45, 7) is 2.76. The molecule has 1 saturated heterocycles. The van der Waals surface area contributed by atoms with Gasteiger partial charge in [0.1, 0.15) is 0 Å². The Bertz CT molecular complexity index is 429. The highest BCUT2D eigenvalue weighted by Crippen LogP contribution is 2.80. The van der Waals surface area contributed by atoms with Crippen LogP contribution in [0.3, 0.4) is 0 Å². The number of carboxylic acid groups (broad SMARTS) is 1. The van der Waals surface area contributed by atoms with Gasteiger partial charge in [0, 0.05) is 5.41 Å². The number of carbonyl (C=O) groups is 4. The van der Waals surface area contributed by atoms with E-state index in [2.05, 4.69) is 0 Å². The van der Waals surface area contributed by atoms with E-state index in [9.17, 15) is 19.2 Å². The molecular formula is C9H10N2O5. The number of fused-ring (bicyclic) bond motifs is 1. The molecule has 2 fully saturated rings. The van der Waals surface area contributed by atoms with Crippen LogP contribution in [0.4, 0.5) is 0 Å². The summed E-state index contributed by atoms with van der Waals surface area (Å²) >= 11 is 0. The Morgan fingerprint density at radius 3 is 1.88 bits per heavy atom. The third kappa shape index (κ3) is 0.568. The number of nitrogens with two attached hydrogens (primary N) is 1. The maximum absolute atomic E-state index is 11.6. The molecule has 0 bridgehead atoms. The lowest BCUT2D eigenvalue weighted by Gasteiger charge is -2.13. The average Bonchev–Trinajstić information content (AvgIpc) is 2.44. The molecule has 86 valence electrons. The summed E-state index contributed by atoms with van der Waals surface area (Å²) in [6, 6.07) is 0. The molecule has 0 spiro atoms. The standard InChI is InChI=1S/C9H10N2O5/c1-7(2)8(3(10)12)4(13)11-5(14)9(7,8)6(15)16/h1-2H3,(H2,10,12)(H,15,16)(H,11,13,14)/t8-,9-/m1/s1. The number of primary amides is 1. The topological polar surface area (TPSA) is 127 Å². The zero-order valence-electron chi connectivity index (χ0n) is 8.66. The predicted molar refractivity (Wildman–Crippen MR) is 48.6 cm³/mol. The number of piperidine rings is 1. The Morgan fingerprint density at radius 2 is 1.62 bits per heavy atom. The first kappa shape index (κ1) is 10.6. The van der Waals surface area contributed by atoms with Crippen molar-refractivity contribution in [3.8, 4) is 0 Å². The maximum atomic E-state index is 11.6. The molecule has 7 nitrogen and oxygen atoms in total. The van der Waals surface area contributed by atoms with E-state index >= 15 is 0 Å². The molecule has 0 radical (unpaired) electrons. The van der Waals surface area contributed by atoms with Crippen molar-refractivity contribution < 1.29 is 24.3 Å². The van der Waals surface area contributed by atoms with E-state index in [-0.39, 0.29) is 0 Å². The van der Waals surface area contributed by atoms with E-state index < -0.39 is 39.9 Å². The lowest BCUT2D eigenvalue weighted by atomic mass is 9.94. The largest absolute Gasteiger partial charge is 0.480 e. The highest BCUT2D eigenvalue weighted by atomic mass is 16.4. The molecule has 1 aliphatic heterocycles. The zero-order valence-corrected chi connectivity index (χ0v) is 8.66. The Labute approximate surface area is 90.0 Å². The van der Waals surface area contributed by atoms with Crippen LogP contribution in [0.2, 0.25) is 0 Å². The van der Waals surface area contributed by atoms with E-state index in [0.29, 0.717) is 0 Å². The molecule has 0 aromatic heterocycles. The molecule has 0 aromatic rings. The van der Waals surface area contributed by atoms with Crippen LogP contribution >= 0.6 is 0 Å². The Hall–Kier alpha value is -1.92. The first-order valence-corrected chi connectivity index (χ1v) is 4.58. The monoisotopic (exact) mass is 226 g/mol. The van der Waals surface area contributed by atoms with Gasteiger partial charge in [0.25, 0.3) is 0 Å². The molecule has 2 aliphatic rings. The summed E-state index contributed by atoms with van der Waals surface area (Å²) in [5.41, 5.74) is -0.193. The highest BCUT2D eigenvalue weighted by molar-refractivity contribution is 6.33. The Balaban J connectivity index is 2.77. The summed E-state index contributed by atoms with van der Waals surface area (Å²) in [6.07, 6.45) is 0. The van der Waals surface area contributed by atoms with Crippen LogP contribution in [0, 0.1) is 16.2 Å². The van der Waals surface area contributed by atoms with Crippen molar-refractivity contribution in [3.05, 3.63) is 0 Å². The molecule has 2 rings (SSSR count). The van der Waals surface area contributed by atoms with Crippen LogP contribution in [0.15, 0.2) is 0 Å². The van der Waals surface area contributed by atoms with Crippen molar-refractivity contribution in [2.24, 2.45) is 22.0 Å². The molecule has 0 unspecified atom stereocenters. The SMILES string of the molecule is CC1(C)[C@]2(C(=O)O)C(=O)NC(=O)[C@]12C(N)=O. The van der Waals surface area contributed by atoms with Gasteiger partial charge < -0.3 is 10.8 Å². The molecule has 3 amide bonds. The lowest BCUT2D eigenvalue weighted by molar-refractivity contribution is -0.151. The van der Waals surface area contributed by atoms with E-state index in [4.69, 9.17) is 10.8 Å². The van der Waals surface area contributed by atoms with Crippen LogP contribution in [0.25, 0.3) is 0 Å². The van der Waals surface area contributed by atoms with Gasteiger partial charge in [-0.25, -0.2) is 0 Å². The van der Waals surface area contributed by atoms with Gasteiger partial charge in [0.15, 0.2) is 10.8 Å². The van der Waals surface area contributed by atoms with Gasteiger partial charge in [-0.3, -0.25) is 24.5 Å². The normalized spacial score (nSPS) is 38.9. The minimum absolute atomic E-state index is 0.919. The van der Waals surface area contributed by atoms with Crippen molar-refractivity contribution in [1.29, 1.82) is 0 Å². The smallest absolute Gasteiger partial charge is 0.321 e. The van der Waals surface area contributed by atoms with Gasteiger partial charge >= 0.3 is 5.97 Å². The quantitative estimate of drug-likeness (QED) is 0.379. The second kappa shape index (κ2) is 2.26. The molecule has 2 atom stereocenters. The number of amides is 3.